The average molecular weight is 556 g/mol. The molecule has 1 heterocycles. The zero-order valence-electron chi connectivity index (χ0n) is 25.4. The number of ether oxygens (including phenoxy) is 1. The molecule has 41 heavy (non-hydrogen) atoms. The van der Waals surface area contributed by atoms with E-state index in [0.717, 1.165) is 60.4 Å². The summed E-state index contributed by atoms with van der Waals surface area (Å²) in [6.45, 7) is 6.90. The molecule has 1 aliphatic heterocycles. The predicted molar refractivity (Wildman–Crippen MR) is 167 cm³/mol. The van der Waals surface area contributed by atoms with E-state index < -0.39 is 5.41 Å². The van der Waals surface area contributed by atoms with Crippen molar-refractivity contribution in [2.75, 3.05) is 39.7 Å². The standard InChI is InChI=1S/C35H45N3O3/c1-7-11-23(2)38(5)34(40)35-21-31(35)30-20-27(41-6)16-14-25(30)18-29(24-12-9-8-10-13-24)28-17-15-26(33(39)36-3)19-32(28)37(4)22-35/h14-20,24,31H,2,7-13,21-22H2,1,3-6H3,(H,36,39)/b29-18+. The molecule has 0 saturated heterocycles. The Morgan fingerprint density at radius 3 is 2.59 bits per heavy atom. The van der Waals surface area contributed by atoms with Crippen molar-refractivity contribution in [2.24, 2.45) is 11.3 Å². The van der Waals surface area contributed by atoms with E-state index in [1.54, 1.807) is 19.1 Å². The molecule has 1 N–H and O–H groups in total. The highest BCUT2D eigenvalue weighted by Crippen LogP contribution is 2.63. The Bertz CT molecular complexity index is 1370. The molecule has 2 saturated carbocycles. The van der Waals surface area contributed by atoms with Crippen molar-refractivity contribution in [1.82, 2.24) is 10.2 Å². The van der Waals surface area contributed by atoms with E-state index in [2.05, 4.69) is 55.0 Å². The second kappa shape index (κ2) is 11.8. The van der Waals surface area contributed by atoms with Gasteiger partial charge in [-0.25, -0.2) is 0 Å². The lowest BCUT2D eigenvalue weighted by Gasteiger charge is -2.34. The number of carbonyl (C=O) groups is 2. The molecule has 6 heteroatoms. The minimum absolute atomic E-state index is 0.0620. The second-order valence-electron chi connectivity index (χ2n) is 12.2. The normalized spacial score (nSPS) is 23.2. The van der Waals surface area contributed by atoms with Crippen LogP contribution in [0.25, 0.3) is 11.6 Å². The number of carbonyl (C=O) groups excluding carboxylic acids is 2. The van der Waals surface area contributed by atoms with Crippen LogP contribution in [0.2, 0.25) is 0 Å². The quantitative estimate of drug-likeness (QED) is 0.405. The maximum Gasteiger partial charge on any atom is 0.251 e. The summed E-state index contributed by atoms with van der Waals surface area (Å²) in [5, 5.41) is 2.78. The monoisotopic (exact) mass is 555 g/mol. The first-order valence-electron chi connectivity index (χ1n) is 15.2. The molecule has 218 valence electrons. The first-order valence-corrected chi connectivity index (χ1v) is 15.2. The highest BCUT2D eigenvalue weighted by atomic mass is 16.5. The van der Waals surface area contributed by atoms with Gasteiger partial charge in [0.1, 0.15) is 5.75 Å². The van der Waals surface area contributed by atoms with Crippen LogP contribution < -0.4 is 15.0 Å². The van der Waals surface area contributed by atoms with Gasteiger partial charge in [-0.1, -0.05) is 57.4 Å². The first-order chi connectivity index (χ1) is 19.7. The van der Waals surface area contributed by atoms with E-state index in [1.807, 2.05) is 25.2 Å². The second-order valence-corrected chi connectivity index (χ2v) is 12.2. The number of fused-ring (bicyclic) bond motifs is 4. The fourth-order valence-corrected chi connectivity index (χ4v) is 7.12. The molecule has 2 unspecified atom stereocenters. The van der Waals surface area contributed by atoms with Crippen LogP contribution in [-0.4, -0.2) is 51.5 Å². The SMILES string of the molecule is C=C(CCC)N(C)C(=O)C12CC1c1cc(OC)ccc1/C=C(\C1CCCCC1)c1ccc(C(=O)NC)cc1N(C)C2. The van der Waals surface area contributed by atoms with Crippen LogP contribution in [0.3, 0.4) is 0 Å². The molecular weight excluding hydrogens is 510 g/mol. The van der Waals surface area contributed by atoms with Crippen molar-refractivity contribution in [1.29, 1.82) is 0 Å². The number of anilines is 1. The number of allylic oxidation sites excluding steroid dienone is 2. The Balaban J connectivity index is 1.72. The van der Waals surface area contributed by atoms with Gasteiger partial charge in [0, 0.05) is 56.1 Å². The van der Waals surface area contributed by atoms with E-state index in [1.165, 1.54) is 30.4 Å². The Morgan fingerprint density at radius 1 is 1.15 bits per heavy atom. The van der Waals surface area contributed by atoms with Crippen LogP contribution in [0.1, 0.15) is 91.3 Å². The summed E-state index contributed by atoms with van der Waals surface area (Å²) in [7, 11) is 7.31. The van der Waals surface area contributed by atoms with Gasteiger partial charge >= 0.3 is 0 Å². The van der Waals surface area contributed by atoms with E-state index in [9.17, 15) is 9.59 Å². The molecule has 2 aromatic carbocycles. The van der Waals surface area contributed by atoms with Crippen molar-refractivity contribution in [3.8, 4) is 5.75 Å². The molecule has 2 fully saturated rings. The first kappa shape index (κ1) is 29.0. The van der Waals surface area contributed by atoms with Crippen LogP contribution in [0.15, 0.2) is 48.7 Å². The molecule has 0 bridgehead atoms. The molecule has 0 spiro atoms. The third-order valence-corrected chi connectivity index (χ3v) is 9.57. The average Bonchev–Trinajstić information content (AvgIpc) is 3.73. The highest BCUT2D eigenvalue weighted by Gasteiger charge is 2.62. The number of rotatable bonds is 7. The minimum atomic E-state index is -0.599. The van der Waals surface area contributed by atoms with Crippen molar-refractivity contribution in [2.45, 2.75) is 64.2 Å². The number of hydrogen-bond donors (Lipinski definition) is 1. The zero-order valence-corrected chi connectivity index (χ0v) is 25.4. The van der Waals surface area contributed by atoms with Crippen LogP contribution in [0.5, 0.6) is 5.75 Å². The fourth-order valence-electron chi connectivity index (χ4n) is 7.12. The molecule has 0 aromatic heterocycles. The van der Waals surface area contributed by atoms with Crippen molar-refractivity contribution in [3.05, 3.63) is 70.9 Å². The van der Waals surface area contributed by atoms with Crippen molar-refractivity contribution >= 4 is 29.2 Å². The van der Waals surface area contributed by atoms with Gasteiger partial charge in [0.25, 0.3) is 5.91 Å². The number of benzene rings is 2. The van der Waals surface area contributed by atoms with Gasteiger partial charge in [0.05, 0.1) is 12.5 Å². The van der Waals surface area contributed by atoms with Crippen LogP contribution >= 0.6 is 0 Å². The molecule has 5 rings (SSSR count). The third kappa shape index (κ3) is 5.41. The van der Waals surface area contributed by atoms with E-state index >= 15 is 0 Å². The lowest BCUT2D eigenvalue weighted by atomic mass is 9.78. The van der Waals surface area contributed by atoms with Crippen molar-refractivity contribution in [3.63, 3.8) is 0 Å². The fraction of sp³-hybridized carbons (Fsp3) is 0.486. The number of hydrogen-bond acceptors (Lipinski definition) is 4. The Morgan fingerprint density at radius 2 is 1.90 bits per heavy atom. The molecule has 2 amide bonds. The minimum Gasteiger partial charge on any atom is -0.497 e. The molecular formula is C35H45N3O3. The summed E-state index contributed by atoms with van der Waals surface area (Å²) in [4.78, 5) is 31.1. The topological polar surface area (TPSA) is 61.9 Å². The van der Waals surface area contributed by atoms with Gasteiger partial charge in [0.15, 0.2) is 0 Å². The van der Waals surface area contributed by atoms with Gasteiger partial charge in [-0.2, -0.15) is 0 Å². The third-order valence-electron chi connectivity index (χ3n) is 9.57. The summed E-state index contributed by atoms with van der Waals surface area (Å²) in [6.07, 6.45) is 10.9. The molecule has 0 radical (unpaired) electrons. The van der Waals surface area contributed by atoms with E-state index in [0.29, 0.717) is 18.0 Å². The van der Waals surface area contributed by atoms with E-state index in [4.69, 9.17) is 4.74 Å². The zero-order chi connectivity index (χ0) is 29.3. The number of amides is 2. The van der Waals surface area contributed by atoms with Crippen LogP contribution in [0, 0.1) is 11.3 Å². The van der Waals surface area contributed by atoms with Crippen molar-refractivity contribution < 1.29 is 14.3 Å². The highest BCUT2D eigenvalue weighted by molar-refractivity contribution is 5.98. The lowest BCUT2D eigenvalue weighted by molar-refractivity contribution is -0.133. The smallest absolute Gasteiger partial charge is 0.251 e. The number of nitrogens with zero attached hydrogens (tertiary/aromatic N) is 2. The molecule has 2 aromatic rings. The lowest BCUT2D eigenvalue weighted by Crippen LogP contribution is -2.41. The molecule has 2 atom stereocenters. The summed E-state index contributed by atoms with van der Waals surface area (Å²) >= 11 is 0. The maximum absolute atomic E-state index is 14.3. The number of methoxy groups -OCH3 is 1. The van der Waals surface area contributed by atoms with Gasteiger partial charge in [-0.05, 0) is 72.6 Å². The largest absolute Gasteiger partial charge is 0.497 e. The number of nitrogens with one attached hydrogen (secondary N) is 1. The van der Waals surface area contributed by atoms with Gasteiger partial charge < -0.3 is 19.9 Å². The van der Waals surface area contributed by atoms with Gasteiger partial charge in [0.2, 0.25) is 5.91 Å². The van der Waals surface area contributed by atoms with Crippen LogP contribution in [-0.2, 0) is 4.79 Å². The summed E-state index contributed by atoms with van der Waals surface area (Å²) < 4.78 is 5.67. The maximum atomic E-state index is 14.3. The summed E-state index contributed by atoms with van der Waals surface area (Å²) in [6, 6.07) is 12.4. The van der Waals surface area contributed by atoms with E-state index in [-0.39, 0.29) is 17.7 Å². The predicted octanol–water partition coefficient (Wildman–Crippen LogP) is 6.87. The molecule has 6 nitrogen and oxygen atoms in total. The molecule has 2 aliphatic carbocycles. The van der Waals surface area contributed by atoms with Gasteiger partial charge in [-0.3, -0.25) is 9.59 Å². The summed E-state index contributed by atoms with van der Waals surface area (Å²) in [5.74, 6) is 1.33. The van der Waals surface area contributed by atoms with Gasteiger partial charge in [-0.15, -0.1) is 0 Å². The van der Waals surface area contributed by atoms with Crippen LogP contribution in [0.4, 0.5) is 5.69 Å². The summed E-state index contributed by atoms with van der Waals surface area (Å²) in [5.41, 5.74) is 6.71. The Kier molecular flexibility index (Phi) is 8.30. The Labute approximate surface area is 245 Å². The Hall–Kier alpha value is -3.54. The molecule has 3 aliphatic rings.